The second-order valence-corrected chi connectivity index (χ2v) is 12.4. The summed E-state index contributed by atoms with van der Waals surface area (Å²) in [7, 11) is 0. The van der Waals surface area contributed by atoms with E-state index in [-0.39, 0.29) is 41.5 Å². The minimum absolute atomic E-state index is 0.0211. The van der Waals surface area contributed by atoms with Crippen molar-refractivity contribution in [3.05, 3.63) is 58.7 Å². The number of anilines is 1. The van der Waals surface area contributed by atoms with Gasteiger partial charge in [-0.05, 0) is 51.6 Å². The third-order valence-corrected chi connectivity index (χ3v) is 7.49. The van der Waals surface area contributed by atoms with Gasteiger partial charge in [0.25, 0.3) is 12.2 Å². The number of nitrogens with zero attached hydrogens (tertiary/aromatic N) is 3. The van der Waals surface area contributed by atoms with Gasteiger partial charge in [-0.2, -0.15) is 4.98 Å². The first kappa shape index (κ1) is 29.0. The van der Waals surface area contributed by atoms with Gasteiger partial charge in [-0.25, -0.2) is 4.98 Å². The van der Waals surface area contributed by atoms with Crippen molar-refractivity contribution in [3.8, 4) is 5.75 Å². The van der Waals surface area contributed by atoms with Gasteiger partial charge < -0.3 is 44.7 Å². The van der Waals surface area contributed by atoms with Crippen molar-refractivity contribution in [2.24, 2.45) is 0 Å². The summed E-state index contributed by atoms with van der Waals surface area (Å²) in [6, 6.07) is 8.93. The van der Waals surface area contributed by atoms with Crippen molar-refractivity contribution in [2.45, 2.75) is 57.8 Å². The van der Waals surface area contributed by atoms with Crippen LogP contribution in [-0.4, -0.2) is 65.1 Å². The molecule has 1 unspecified atom stereocenters. The summed E-state index contributed by atoms with van der Waals surface area (Å²) in [5.41, 5.74) is 3.55. The first-order valence-electron chi connectivity index (χ1n) is 11.9. The third-order valence-electron chi connectivity index (χ3n) is 5.78. The zero-order chi connectivity index (χ0) is 28.5. The van der Waals surface area contributed by atoms with Crippen molar-refractivity contribution < 1.29 is 33.8 Å². The number of hydrogen-bond donors (Lipinski definition) is 6. The highest BCUT2D eigenvalue weighted by molar-refractivity contribution is 8.08. The lowest BCUT2D eigenvalue weighted by atomic mass is 9.96. The third kappa shape index (κ3) is 6.41. The van der Waals surface area contributed by atoms with E-state index in [1.54, 1.807) is 31.2 Å². The Balaban J connectivity index is 1.49. The van der Waals surface area contributed by atoms with Crippen molar-refractivity contribution in [2.75, 3.05) is 12.3 Å². The molecule has 4 rings (SSSR count). The summed E-state index contributed by atoms with van der Waals surface area (Å²) in [5, 5.41) is 24.6. The van der Waals surface area contributed by atoms with Crippen LogP contribution in [0, 0.1) is 0 Å². The van der Waals surface area contributed by atoms with Crippen molar-refractivity contribution >= 4 is 35.6 Å². The Hall–Kier alpha value is -3.04. The van der Waals surface area contributed by atoms with E-state index in [9.17, 15) is 19.9 Å². The fourth-order valence-electron chi connectivity index (χ4n) is 3.96. The largest absolute Gasteiger partial charge is 0.461 e. The van der Waals surface area contributed by atoms with E-state index in [1.165, 1.54) is 17.8 Å². The summed E-state index contributed by atoms with van der Waals surface area (Å²) >= 11 is 5.26. The van der Waals surface area contributed by atoms with Crippen LogP contribution in [0.15, 0.2) is 53.1 Å². The first-order chi connectivity index (χ1) is 18.3. The van der Waals surface area contributed by atoms with Gasteiger partial charge in [0, 0.05) is 0 Å². The Morgan fingerprint density at radius 3 is 2.74 bits per heavy atom. The normalized spacial score (nSPS) is 25.4. The van der Waals surface area contributed by atoms with Crippen LogP contribution >= 0.6 is 6.64 Å². The van der Waals surface area contributed by atoms with Crippen molar-refractivity contribution in [3.63, 3.8) is 0 Å². The van der Waals surface area contributed by atoms with E-state index in [2.05, 4.69) is 20.0 Å². The molecule has 1 aromatic carbocycles. The average molecular weight is 583 g/mol. The molecule has 7 N–H and O–H groups in total. The molecule has 0 bridgehead atoms. The molecule has 3 heterocycles. The van der Waals surface area contributed by atoms with E-state index in [1.807, 2.05) is 19.9 Å². The van der Waals surface area contributed by atoms with Gasteiger partial charge in [0.1, 0.15) is 23.6 Å². The molecule has 1 saturated heterocycles. The van der Waals surface area contributed by atoms with Crippen LogP contribution < -0.4 is 21.1 Å². The van der Waals surface area contributed by atoms with E-state index in [4.69, 9.17) is 36.3 Å². The molecular formula is C23H31N6O8PS. The highest BCUT2D eigenvalue weighted by Gasteiger charge is 2.54. The Labute approximate surface area is 228 Å². The minimum Gasteiger partial charge on any atom is -0.461 e. The number of aliphatic hydroxyl groups excluding tert-OH is 1. The van der Waals surface area contributed by atoms with Gasteiger partial charge in [0.05, 0.1) is 24.7 Å². The molecule has 1 aliphatic heterocycles. The van der Waals surface area contributed by atoms with E-state index in [0.29, 0.717) is 5.75 Å². The minimum atomic E-state index is -3.70. The van der Waals surface area contributed by atoms with Gasteiger partial charge in [0.2, 0.25) is 5.95 Å². The summed E-state index contributed by atoms with van der Waals surface area (Å²) in [6.45, 7) is 2.50. The number of allylic oxidation sites excluding steroid dienone is 1. The lowest BCUT2D eigenvalue weighted by molar-refractivity contribution is -0.0947. The van der Waals surface area contributed by atoms with E-state index < -0.39 is 36.2 Å². The van der Waals surface area contributed by atoms with Gasteiger partial charge in [-0.3, -0.25) is 14.3 Å². The molecule has 1 aliphatic rings. The number of rotatable bonds is 10. The molecular weight excluding hydrogens is 551 g/mol. The zero-order valence-corrected chi connectivity index (χ0v) is 23.3. The van der Waals surface area contributed by atoms with Gasteiger partial charge in [-0.1, -0.05) is 18.2 Å². The summed E-state index contributed by atoms with van der Waals surface area (Å²) in [6.07, 6.45) is -2.78. The number of fused-ring (bicyclic) bond motifs is 1. The molecule has 0 aliphatic carbocycles. The van der Waals surface area contributed by atoms with Crippen LogP contribution in [0.2, 0.25) is 0 Å². The van der Waals surface area contributed by atoms with Crippen molar-refractivity contribution in [1.82, 2.24) is 24.6 Å². The number of ether oxygens (including phenoxy) is 3. The summed E-state index contributed by atoms with van der Waals surface area (Å²) in [5.74, 6) is 0.458. The quantitative estimate of drug-likeness (QED) is 0.147. The van der Waals surface area contributed by atoms with Gasteiger partial charge in [0.15, 0.2) is 17.4 Å². The number of nitrogens with two attached hydrogens (primary N) is 1. The van der Waals surface area contributed by atoms with E-state index in [0.717, 1.165) is 0 Å². The second kappa shape index (κ2) is 11.2. The molecule has 39 heavy (non-hydrogen) atoms. The molecule has 2 aromatic heterocycles. The number of H-pyrrole nitrogens is 1. The Kier molecular flexibility index (Phi) is 8.33. The molecule has 14 nitrogen and oxygen atoms in total. The molecule has 1 fully saturated rings. The SMILES string of the molecule is CC(NP(O)(=S)OC[C@H]1O[C@@H](n2cnc3c(=O)[nH]c(N)nc32)[C@](C)(O)[C@@H]1O)=C(Oc1ccccc1)OC(C)C. The van der Waals surface area contributed by atoms with Crippen LogP contribution in [0.1, 0.15) is 33.9 Å². The lowest BCUT2D eigenvalue weighted by Gasteiger charge is -2.27. The van der Waals surface area contributed by atoms with Crippen molar-refractivity contribution in [1.29, 1.82) is 0 Å². The number of aliphatic hydroxyl groups is 2. The lowest BCUT2D eigenvalue weighted by Crippen LogP contribution is -2.44. The summed E-state index contributed by atoms with van der Waals surface area (Å²) < 4.78 is 24.3. The highest BCUT2D eigenvalue weighted by Crippen LogP contribution is 2.43. The monoisotopic (exact) mass is 582 g/mol. The molecule has 0 radical (unpaired) electrons. The molecule has 0 saturated carbocycles. The molecule has 0 spiro atoms. The fraction of sp³-hybridized carbons (Fsp3) is 0.435. The zero-order valence-electron chi connectivity index (χ0n) is 21.6. The predicted molar refractivity (Wildman–Crippen MR) is 145 cm³/mol. The van der Waals surface area contributed by atoms with Crippen LogP contribution in [0.25, 0.3) is 11.2 Å². The maximum Gasteiger partial charge on any atom is 0.305 e. The predicted octanol–water partition coefficient (Wildman–Crippen LogP) is 1.23. The first-order valence-corrected chi connectivity index (χ1v) is 14.6. The molecule has 212 valence electrons. The fourth-order valence-corrected chi connectivity index (χ4v) is 5.48. The molecule has 16 heteroatoms. The van der Waals surface area contributed by atoms with Crippen LogP contribution in [0.5, 0.6) is 5.75 Å². The topological polar surface area (TPSA) is 199 Å². The summed E-state index contributed by atoms with van der Waals surface area (Å²) in [4.78, 5) is 33.4. The highest BCUT2D eigenvalue weighted by atomic mass is 32.5. The maximum atomic E-state index is 12.1. The maximum absolute atomic E-state index is 12.1. The Bertz CT molecular complexity index is 1460. The second-order valence-electron chi connectivity index (χ2n) is 9.39. The van der Waals surface area contributed by atoms with Crippen LogP contribution in [-0.2, 0) is 25.8 Å². The van der Waals surface area contributed by atoms with Gasteiger partial charge >= 0.3 is 5.95 Å². The Morgan fingerprint density at radius 2 is 2.08 bits per heavy atom. The smallest absolute Gasteiger partial charge is 0.305 e. The van der Waals surface area contributed by atoms with E-state index >= 15 is 0 Å². The molecule has 3 aromatic rings. The number of nitrogen functional groups attached to an aromatic ring is 1. The van der Waals surface area contributed by atoms with Crippen LogP contribution in [0.4, 0.5) is 5.95 Å². The standard InChI is InChI=1S/C23H31N6O8PS/c1-12(2)35-20(36-14-8-6-5-7-9-14)13(3)28-38(33,39)34-10-15-17(30)23(4,32)21(37-15)29-11-25-16-18(29)26-22(24)27-19(16)31/h5-9,11-12,15,17,21,30,32H,10H2,1-4H3,(H2,28,33,39)(H3,24,26,27,31)/t15-,17-,21-,23-,38?/m1/s1. The molecule has 5 atom stereocenters. The van der Waals surface area contributed by atoms with Crippen LogP contribution in [0.3, 0.4) is 0 Å². The molecule has 0 amide bonds. The number of hydrogen-bond acceptors (Lipinski definition) is 11. The average Bonchev–Trinajstić information content (AvgIpc) is 3.36. The number of para-hydroxylation sites is 1. The number of nitrogens with one attached hydrogen (secondary N) is 2. The number of benzene rings is 1. The van der Waals surface area contributed by atoms with Gasteiger partial charge in [-0.15, -0.1) is 0 Å². The number of aromatic nitrogens is 4. The number of imidazole rings is 1. The number of aromatic amines is 1. The Morgan fingerprint density at radius 1 is 1.38 bits per heavy atom.